The van der Waals surface area contributed by atoms with Crippen molar-refractivity contribution in [2.75, 3.05) is 9.80 Å². The van der Waals surface area contributed by atoms with Crippen molar-refractivity contribution in [2.45, 2.75) is 129 Å². The number of pyridine rings is 1. The summed E-state index contributed by atoms with van der Waals surface area (Å²) in [4.78, 5) is 126. The van der Waals surface area contributed by atoms with E-state index in [-0.39, 0.29) is 46.5 Å². The standard InChI is InChI=1S/C70H61N3O8/c1-27-28(2)36(10)53-52(35(27)9)63(74)60(64(53)75)45-17-20-46-43(18-23-50(48(46)26-45)72-67(78)56-39(13)31(5)32(6)40(14)57(56)68(72)79)25-44-19-24-51(73-69(80)58-41(15)33(7)34(8)42(16)59(58)70(73)81)62-47(44)21-22-49(71-62)61-65(76)54-37(11)29(3)30(4)38(12)55(54)66(61)77/h17-24,26,60-61H,25H2,1-16H3. The second-order valence-corrected chi connectivity index (χ2v) is 23.3. The molecule has 0 unspecified atom stereocenters. The maximum atomic E-state index is 14.9. The average Bonchev–Trinajstić information content (AvgIpc) is 2.85. The lowest BCUT2D eigenvalue weighted by Crippen LogP contribution is -2.30. The molecule has 81 heavy (non-hydrogen) atoms. The number of fused-ring (bicyclic) bond motifs is 6. The van der Waals surface area contributed by atoms with Crippen LogP contribution in [0.2, 0.25) is 0 Å². The van der Waals surface area contributed by atoms with Gasteiger partial charge in [0.2, 0.25) is 0 Å². The summed E-state index contributed by atoms with van der Waals surface area (Å²) in [6.07, 6.45) is 0.207. The number of carbonyl (C=O) groups is 8. The van der Waals surface area contributed by atoms with Crippen molar-refractivity contribution in [1.29, 1.82) is 0 Å². The second kappa shape index (κ2) is 17.8. The van der Waals surface area contributed by atoms with Crippen LogP contribution in [0, 0.1) is 111 Å². The average molecular weight is 1070 g/mol. The molecule has 0 bridgehead atoms. The number of aromatic nitrogens is 1. The number of carbonyl (C=O) groups excluding carboxylic acids is 8. The molecule has 12 rings (SSSR count). The highest BCUT2D eigenvalue weighted by Crippen LogP contribution is 2.47. The fraction of sp³-hybridized carbons (Fsp3) is 0.271. The molecule has 4 aliphatic rings. The Bertz CT molecular complexity index is 4040. The summed E-state index contributed by atoms with van der Waals surface area (Å²) in [5.74, 6) is -5.71. The molecule has 4 amide bonds. The zero-order valence-electron chi connectivity index (χ0n) is 48.7. The Morgan fingerprint density at radius 1 is 0.321 bits per heavy atom. The molecule has 11 nitrogen and oxygen atoms in total. The monoisotopic (exact) mass is 1070 g/mol. The highest BCUT2D eigenvalue weighted by molar-refractivity contribution is 6.39. The number of anilines is 2. The lowest BCUT2D eigenvalue weighted by atomic mass is 9.89. The molecule has 0 spiro atoms. The second-order valence-electron chi connectivity index (χ2n) is 23.3. The van der Waals surface area contributed by atoms with Crippen LogP contribution in [0.15, 0.2) is 54.6 Å². The molecular formula is C70H61N3O8. The van der Waals surface area contributed by atoms with Crippen LogP contribution in [0.5, 0.6) is 0 Å². The highest BCUT2D eigenvalue weighted by Gasteiger charge is 2.47. The van der Waals surface area contributed by atoms with Gasteiger partial charge in [-0.3, -0.25) is 38.4 Å². The molecule has 11 heteroatoms. The normalized spacial score (nSPS) is 15.3. The number of amides is 4. The van der Waals surface area contributed by atoms with Crippen LogP contribution in [-0.4, -0.2) is 51.7 Å². The molecule has 0 radical (unpaired) electrons. The van der Waals surface area contributed by atoms with Gasteiger partial charge in [0.25, 0.3) is 23.6 Å². The third kappa shape index (κ3) is 6.84. The molecule has 2 aliphatic heterocycles. The summed E-state index contributed by atoms with van der Waals surface area (Å²) in [6.45, 7) is 30.4. The van der Waals surface area contributed by atoms with Gasteiger partial charge in [0.15, 0.2) is 23.1 Å². The summed E-state index contributed by atoms with van der Waals surface area (Å²) >= 11 is 0. The van der Waals surface area contributed by atoms with Crippen LogP contribution in [0.4, 0.5) is 11.4 Å². The Labute approximate surface area is 470 Å². The van der Waals surface area contributed by atoms with E-state index in [1.807, 2.05) is 129 Å². The van der Waals surface area contributed by atoms with Gasteiger partial charge in [0, 0.05) is 33.0 Å². The van der Waals surface area contributed by atoms with E-state index in [0.717, 1.165) is 88.4 Å². The molecule has 8 aromatic rings. The quantitative estimate of drug-likeness (QED) is 0.117. The maximum Gasteiger partial charge on any atom is 0.266 e. The number of nitrogens with zero attached hydrogens (tertiary/aromatic N) is 3. The van der Waals surface area contributed by atoms with Crippen LogP contribution in [0.25, 0.3) is 21.7 Å². The van der Waals surface area contributed by atoms with E-state index in [0.29, 0.717) is 88.6 Å². The number of Topliss-reactive ketones (excluding diaryl/α,β-unsaturated/α-hetero) is 4. The summed E-state index contributed by atoms with van der Waals surface area (Å²) in [6, 6.07) is 16.0. The van der Waals surface area contributed by atoms with Gasteiger partial charge in [-0.1, -0.05) is 30.3 Å². The van der Waals surface area contributed by atoms with Crippen LogP contribution < -0.4 is 9.80 Å². The minimum absolute atomic E-state index is 0.185. The van der Waals surface area contributed by atoms with Gasteiger partial charge >= 0.3 is 0 Å². The Kier molecular flexibility index (Phi) is 11.6. The Morgan fingerprint density at radius 3 is 1.04 bits per heavy atom. The summed E-state index contributed by atoms with van der Waals surface area (Å²) in [7, 11) is 0. The largest absolute Gasteiger partial charge is 0.293 e. The van der Waals surface area contributed by atoms with E-state index in [2.05, 4.69) is 0 Å². The predicted molar refractivity (Wildman–Crippen MR) is 315 cm³/mol. The molecule has 7 aromatic carbocycles. The van der Waals surface area contributed by atoms with Gasteiger partial charge in [-0.15, -0.1) is 0 Å². The van der Waals surface area contributed by atoms with E-state index < -0.39 is 35.5 Å². The first kappa shape index (κ1) is 52.8. The summed E-state index contributed by atoms with van der Waals surface area (Å²) < 4.78 is 0. The SMILES string of the molecule is Cc1c(C)c(C)c2c(c1C)C(=O)C(c1ccc3c(Cc4ccc(N5C(=O)c6c(C)c(C)c(C)c(C)c6C5=O)c5nc(C6C(=O)c7c(C)c(C)c(C)c(C)c7C6=O)ccc45)ccc(N4C(=O)c5c(C)c(C)c(C)c(C)c5C4=O)c3c1)C2=O. The Balaban J connectivity index is 1.05. The van der Waals surface area contributed by atoms with Gasteiger partial charge in [-0.25, -0.2) is 14.8 Å². The van der Waals surface area contributed by atoms with E-state index in [9.17, 15) is 38.4 Å². The first-order valence-corrected chi connectivity index (χ1v) is 27.6. The molecular weight excluding hydrogens is 1010 g/mol. The fourth-order valence-corrected chi connectivity index (χ4v) is 13.9. The maximum absolute atomic E-state index is 14.9. The van der Waals surface area contributed by atoms with Crippen molar-refractivity contribution < 1.29 is 38.4 Å². The van der Waals surface area contributed by atoms with Gasteiger partial charge in [0.1, 0.15) is 11.8 Å². The fourth-order valence-electron chi connectivity index (χ4n) is 13.9. The van der Waals surface area contributed by atoms with E-state index >= 15 is 0 Å². The zero-order valence-corrected chi connectivity index (χ0v) is 48.7. The van der Waals surface area contributed by atoms with Gasteiger partial charge in [-0.05, 0) is 253 Å². The Hall–Kier alpha value is -8.83. The van der Waals surface area contributed by atoms with E-state index in [4.69, 9.17) is 4.98 Å². The molecule has 1 aromatic heterocycles. The van der Waals surface area contributed by atoms with Gasteiger partial charge in [-0.2, -0.15) is 0 Å². The zero-order chi connectivity index (χ0) is 58.3. The lowest BCUT2D eigenvalue weighted by molar-refractivity contribution is 0.0872. The number of imide groups is 2. The first-order valence-electron chi connectivity index (χ1n) is 27.6. The topological polar surface area (TPSA) is 156 Å². The van der Waals surface area contributed by atoms with Gasteiger partial charge < -0.3 is 0 Å². The van der Waals surface area contributed by atoms with Crippen LogP contribution in [0.3, 0.4) is 0 Å². The number of rotatable bonds is 6. The van der Waals surface area contributed by atoms with E-state index in [1.165, 1.54) is 4.90 Å². The number of benzene rings is 7. The molecule has 0 N–H and O–H groups in total. The van der Waals surface area contributed by atoms with E-state index in [1.54, 1.807) is 36.4 Å². The number of hydrogen-bond donors (Lipinski definition) is 0. The lowest BCUT2D eigenvalue weighted by Gasteiger charge is -2.21. The minimum Gasteiger partial charge on any atom is -0.293 e. The summed E-state index contributed by atoms with van der Waals surface area (Å²) in [5.41, 5.74) is 19.0. The van der Waals surface area contributed by atoms with Crippen molar-refractivity contribution in [3.63, 3.8) is 0 Å². The van der Waals surface area contributed by atoms with Crippen molar-refractivity contribution in [2.24, 2.45) is 0 Å². The number of hydrogen-bond acceptors (Lipinski definition) is 9. The first-order chi connectivity index (χ1) is 38.2. The third-order valence-corrected chi connectivity index (χ3v) is 20.0. The number of ketones is 4. The highest BCUT2D eigenvalue weighted by atomic mass is 16.2. The Morgan fingerprint density at radius 2 is 0.642 bits per heavy atom. The molecule has 2 aliphatic carbocycles. The van der Waals surface area contributed by atoms with Crippen LogP contribution in [-0.2, 0) is 6.42 Å². The smallest absolute Gasteiger partial charge is 0.266 e. The minimum atomic E-state index is -1.27. The third-order valence-electron chi connectivity index (χ3n) is 20.0. The van der Waals surface area contributed by atoms with Crippen LogP contribution >= 0.6 is 0 Å². The van der Waals surface area contributed by atoms with Crippen LogP contribution in [0.1, 0.15) is 206 Å². The van der Waals surface area contributed by atoms with Crippen molar-refractivity contribution >= 4 is 79.8 Å². The molecule has 0 saturated carbocycles. The molecule has 404 valence electrons. The van der Waals surface area contributed by atoms with Crippen molar-refractivity contribution in [1.82, 2.24) is 4.98 Å². The predicted octanol–water partition coefficient (Wildman–Crippen LogP) is 13.8. The molecule has 3 heterocycles. The van der Waals surface area contributed by atoms with Crippen molar-refractivity contribution in [3.8, 4) is 0 Å². The molecule has 0 atom stereocenters. The summed E-state index contributed by atoms with van der Waals surface area (Å²) in [5, 5.41) is 1.65. The molecule has 0 saturated heterocycles. The van der Waals surface area contributed by atoms with Gasteiger partial charge in [0.05, 0.1) is 44.8 Å². The molecule has 0 fully saturated rings. The van der Waals surface area contributed by atoms with Crippen molar-refractivity contribution in [3.05, 3.63) is 211 Å².